The molecular formula is C33H33N3O7P+. The van der Waals surface area contributed by atoms with Crippen molar-refractivity contribution in [3.05, 3.63) is 101 Å². The molecule has 1 heterocycles. The molecule has 11 heteroatoms. The Morgan fingerprint density at radius 3 is 2.39 bits per heavy atom. The number of hydrogen-bond acceptors (Lipinski definition) is 6. The van der Waals surface area contributed by atoms with Crippen LogP contribution < -0.4 is 24.7 Å². The highest BCUT2D eigenvalue weighted by atomic mass is 31.2. The number of hydrogen-bond donors (Lipinski definition) is 3. The maximum atomic E-state index is 13.3. The topological polar surface area (TPSA) is 132 Å². The zero-order valence-electron chi connectivity index (χ0n) is 24.8. The fraction of sp³-hybridized carbons (Fsp3) is 0.182. The van der Waals surface area contributed by atoms with Gasteiger partial charge >= 0.3 is 7.82 Å². The lowest BCUT2D eigenvalue weighted by molar-refractivity contribution is 0.0953. The molecule has 0 fully saturated rings. The smallest absolute Gasteiger partial charge is 0.456 e. The van der Waals surface area contributed by atoms with Crippen LogP contribution in [-0.2, 0) is 11.0 Å². The second-order valence-electron chi connectivity index (χ2n) is 10.8. The van der Waals surface area contributed by atoms with Crippen molar-refractivity contribution in [1.29, 1.82) is 0 Å². The molecule has 5 rings (SSSR count). The van der Waals surface area contributed by atoms with Crippen molar-refractivity contribution in [3.63, 3.8) is 0 Å². The molecule has 3 aromatic rings. The maximum absolute atomic E-state index is 13.3. The standard InChI is InChI=1S/C33H32N3O7P/c1-35(2)24-9-13-27-30(18-24)42-31-19-25(36(3)4)10-14-28(31)32(27)29-17-22(7-8-23(29)20-37)33(38)34-16-15-21-5-11-26(12-6-21)43-44(39,40)41/h5-14,17-20H,15-16H2,1-4H3,(H2-,34,38,39,40,41)/p+1. The fourth-order valence-electron chi connectivity index (χ4n) is 5.01. The van der Waals surface area contributed by atoms with Gasteiger partial charge in [0.1, 0.15) is 31.2 Å². The summed E-state index contributed by atoms with van der Waals surface area (Å²) in [5.41, 5.74) is 5.53. The number of phosphoric ester groups is 1. The molecule has 0 unspecified atom stereocenters. The number of benzene rings is 4. The van der Waals surface area contributed by atoms with Gasteiger partial charge in [0.05, 0.1) is 6.07 Å². The van der Waals surface area contributed by atoms with Crippen LogP contribution in [0.3, 0.4) is 0 Å². The van der Waals surface area contributed by atoms with Gasteiger partial charge in [0, 0.05) is 66.1 Å². The van der Waals surface area contributed by atoms with Crippen LogP contribution in [0.1, 0.15) is 26.3 Å². The molecular weight excluding hydrogens is 581 g/mol. The van der Waals surface area contributed by atoms with E-state index in [0.29, 0.717) is 41.0 Å². The van der Waals surface area contributed by atoms with Crippen molar-refractivity contribution in [1.82, 2.24) is 9.89 Å². The Hall–Kier alpha value is -4.76. The van der Waals surface area contributed by atoms with E-state index >= 15 is 0 Å². The molecule has 0 spiro atoms. The second kappa shape index (κ2) is 12.5. The van der Waals surface area contributed by atoms with Gasteiger partial charge in [-0.2, -0.15) is 0 Å². The third-order valence-electron chi connectivity index (χ3n) is 7.28. The minimum atomic E-state index is -4.63. The summed E-state index contributed by atoms with van der Waals surface area (Å²) >= 11 is 0. The van der Waals surface area contributed by atoms with E-state index in [1.165, 1.54) is 12.1 Å². The largest absolute Gasteiger partial charge is 0.524 e. The molecule has 10 nitrogen and oxygen atoms in total. The molecule has 0 saturated heterocycles. The number of carbonyl (C=O) groups is 2. The summed E-state index contributed by atoms with van der Waals surface area (Å²) in [7, 11) is 3.18. The zero-order chi connectivity index (χ0) is 31.6. The van der Waals surface area contributed by atoms with Crippen molar-refractivity contribution in [2.75, 3.05) is 39.6 Å². The first-order valence-electron chi connectivity index (χ1n) is 13.8. The summed E-state index contributed by atoms with van der Waals surface area (Å²) in [6.07, 6.45) is 1.28. The van der Waals surface area contributed by atoms with Crippen molar-refractivity contribution in [3.8, 4) is 28.2 Å². The third kappa shape index (κ3) is 6.73. The van der Waals surface area contributed by atoms with Crippen LogP contribution in [0.15, 0.2) is 83.3 Å². The van der Waals surface area contributed by atoms with E-state index in [2.05, 4.69) is 9.84 Å². The van der Waals surface area contributed by atoms with Gasteiger partial charge in [0.25, 0.3) is 5.91 Å². The molecule has 0 atom stereocenters. The van der Waals surface area contributed by atoms with Crippen LogP contribution in [0.25, 0.3) is 33.4 Å². The number of rotatable bonds is 9. The highest BCUT2D eigenvalue weighted by Crippen LogP contribution is 2.42. The molecule has 44 heavy (non-hydrogen) atoms. The lowest BCUT2D eigenvalue weighted by atomic mass is 9.89. The van der Waals surface area contributed by atoms with Crippen molar-refractivity contribution < 1.29 is 32.9 Å². The number of nitrogens with one attached hydrogen (secondary N) is 1. The number of amides is 1. The van der Waals surface area contributed by atoms with Gasteiger partial charge in [-0.1, -0.05) is 18.2 Å². The Morgan fingerprint density at radius 2 is 1.73 bits per heavy atom. The van der Waals surface area contributed by atoms with Gasteiger partial charge in [-0.25, -0.2) is 9.14 Å². The molecule has 1 aliphatic carbocycles. The fourth-order valence-corrected chi connectivity index (χ4v) is 5.40. The predicted molar refractivity (Wildman–Crippen MR) is 170 cm³/mol. The van der Waals surface area contributed by atoms with Gasteiger partial charge in [-0.15, -0.1) is 0 Å². The van der Waals surface area contributed by atoms with Crippen molar-refractivity contribution >= 4 is 36.7 Å². The van der Waals surface area contributed by atoms with Crippen LogP contribution in [0, 0.1) is 0 Å². The van der Waals surface area contributed by atoms with Crippen LogP contribution in [0.5, 0.6) is 5.75 Å². The number of carbonyl (C=O) groups excluding carboxylic acids is 2. The number of aldehydes is 1. The normalized spacial score (nSPS) is 11.4. The van der Waals surface area contributed by atoms with Crippen LogP contribution >= 0.6 is 7.82 Å². The molecule has 1 aliphatic heterocycles. The monoisotopic (exact) mass is 614 g/mol. The average Bonchev–Trinajstić information content (AvgIpc) is 2.99. The van der Waals surface area contributed by atoms with Gasteiger partial charge in [-0.05, 0) is 60.0 Å². The predicted octanol–water partition coefficient (Wildman–Crippen LogP) is 4.56. The van der Waals surface area contributed by atoms with Crippen LogP contribution in [-0.4, -0.2) is 56.7 Å². The summed E-state index contributed by atoms with van der Waals surface area (Å²) in [6.45, 7) is 0.318. The summed E-state index contributed by atoms with van der Waals surface area (Å²) in [5, 5.41) is 4.69. The lowest BCUT2D eigenvalue weighted by Crippen LogP contribution is -2.25. The summed E-state index contributed by atoms with van der Waals surface area (Å²) in [6, 6.07) is 23.1. The highest BCUT2D eigenvalue weighted by Gasteiger charge is 2.22. The maximum Gasteiger partial charge on any atom is 0.524 e. The van der Waals surface area contributed by atoms with Crippen LogP contribution in [0.4, 0.5) is 5.69 Å². The van der Waals surface area contributed by atoms with Gasteiger partial charge in [0.2, 0.25) is 5.36 Å². The molecule has 3 N–H and O–H groups in total. The minimum absolute atomic E-state index is 0.0542. The zero-order valence-corrected chi connectivity index (χ0v) is 25.7. The van der Waals surface area contributed by atoms with E-state index in [-0.39, 0.29) is 11.7 Å². The third-order valence-corrected chi connectivity index (χ3v) is 7.73. The number of fused-ring (bicyclic) bond motifs is 2. The Balaban J connectivity index is 1.50. The number of anilines is 1. The van der Waals surface area contributed by atoms with Gasteiger partial charge < -0.3 is 19.2 Å². The van der Waals surface area contributed by atoms with E-state index in [1.807, 2.05) is 74.1 Å². The Morgan fingerprint density at radius 1 is 0.977 bits per heavy atom. The molecule has 226 valence electrons. The van der Waals surface area contributed by atoms with Crippen molar-refractivity contribution in [2.24, 2.45) is 0 Å². The molecule has 2 aliphatic rings. The Bertz CT molecular complexity index is 1960. The molecule has 0 bridgehead atoms. The van der Waals surface area contributed by atoms with Gasteiger partial charge in [0.15, 0.2) is 6.29 Å². The molecule has 3 aromatic carbocycles. The van der Waals surface area contributed by atoms with Gasteiger partial charge in [-0.3, -0.25) is 19.4 Å². The van der Waals surface area contributed by atoms with Crippen molar-refractivity contribution in [2.45, 2.75) is 6.42 Å². The van der Waals surface area contributed by atoms with E-state index in [1.54, 1.807) is 30.3 Å². The molecule has 0 radical (unpaired) electrons. The molecule has 0 aromatic heterocycles. The second-order valence-corrected chi connectivity index (χ2v) is 11.9. The Kier molecular flexibility index (Phi) is 8.69. The first-order valence-corrected chi connectivity index (χ1v) is 15.4. The first kappa shape index (κ1) is 30.7. The summed E-state index contributed by atoms with van der Waals surface area (Å²) in [5.74, 6) is 0.404. The Labute approximate surface area is 254 Å². The molecule has 0 saturated carbocycles. The van der Waals surface area contributed by atoms with Crippen LogP contribution in [0.2, 0.25) is 0 Å². The summed E-state index contributed by atoms with van der Waals surface area (Å²) < 4.78 is 24.0. The highest BCUT2D eigenvalue weighted by molar-refractivity contribution is 7.46. The average molecular weight is 615 g/mol. The first-order chi connectivity index (χ1) is 20.9. The SMILES string of the molecule is CN(C)c1ccc2c(-c3cc(C(=O)NCCc4ccc(OP(=O)(O)O)cc4)ccc3C=O)c3ccc(=[N+](C)C)cc-3oc2c1. The van der Waals surface area contributed by atoms with E-state index in [9.17, 15) is 14.2 Å². The summed E-state index contributed by atoms with van der Waals surface area (Å²) in [4.78, 5) is 45.4. The quantitative estimate of drug-likeness (QED) is 0.0953. The lowest BCUT2D eigenvalue weighted by Gasteiger charge is -2.19. The van der Waals surface area contributed by atoms with E-state index in [4.69, 9.17) is 14.2 Å². The minimum Gasteiger partial charge on any atom is -0.456 e. The van der Waals surface area contributed by atoms with E-state index < -0.39 is 7.82 Å². The molecule has 1 amide bonds. The number of phosphoric acid groups is 1. The number of nitrogens with zero attached hydrogens (tertiary/aromatic N) is 2. The van der Waals surface area contributed by atoms with E-state index in [0.717, 1.165) is 39.4 Å².